The number of hydrogen-bond acceptors (Lipinski definition) is 9. The molecule has 0 unspecified atom stereocenters. The third-order valence-corrected chi connectivity index (χ3v) is 7.68. The van der Waals surface area contributed by atoms with Crippen molar-refractivity contribution in [2.75, 3.05) is 62.8 Å². The van der Waals surface area contributed by atoms with Gasteiger partial charge in [-0.15, -0.1) is 0 Å². The van der Waals surface area contributed by atoms with Crippen LogP contribution in [0.25, 0.3) is 10.9 Å². The van der Waals surface area contributed by atoms with E-state index in [0.29, 0.717) is 35.7 Å². The molecule has 0 radical (unpaired) electrons. The van der Waals surface area contributed by atoms with Crippen molar-refractivity contribution in [2.45, 2.75) is 33.2 Å². The number of nitrogens with one attached hydrogen (secondary N) is 1. The molecule has 10 nitrogen and oxygen atoms in total. The number of aryl methyl sites for hydroxylation is 1. The number of halogens is 1. The summed E-state index contributed by atoms with van der Waals surface area (Å²) in [5.41, 5.74) is 1.32. The second-order valence-corrected chi connectivity index (χ2v) is 10.4. The zero-order chi connectivity index (χ0) is 27.4. The van der Waals surface area contributed by atoms with Crippen molar-refractivity contribution in [3.8, 4) is 5.75 Å². The van der Waals surface area contributed by atoms with Crippen LogP contribution in [0.3, 0.4) is 0 Å². The Labute approximate surface area is 232 Å². The van der Waals surface area contributed by atoms with Crippen molar-refractivity contribution in [1.82, 2.24) is 19.4 Å². The number of aromatic nitrogens is 3. The van der Waals surface area contributed by atoms with Gasteiger partial charge in [0.2, 0.25) is 5.95 Å². The number of anilines is 3. The number of likely N-dealkylation sites (N-methyl/N-ethyl adjacent to an activating group) is 1. The topological polar surface area (TPSA) is 102 Å². The highest BCUT2D eigenvalue weighted by Gasteiger charge is 2.21. The fourth-order valence-corrected chi connectivity index (χ4v) is 4.92. The molecular formula is C28H35ClN6O4. The number of rotatable bonds is 11. The lowest BCUT2D eigenvalue weighted by Crippen LogP contribution is -2.46. The third-order valence-electron chi connectivity index (χ3n) is 7.41. The summed E-state index contributed by atoms with van der Waals surface area (Å²) in [7, 11) is 0. The zero-order valence-corrected chi connectivity index (χ0v) is 23.2. The van der Waals surface area contributed by atoms with Gasteiger partial charge in [0.1, 0.15) is 11.6 Å². The first-order valence-corrected chi connectivity index (χ1v) is 14.0. The first-order chi connectivity index (χ1) is 18.9. The fourth-order valence-electron chi connectivity index (χ4n) is 4.79. The van der Waals surface area contributed by atoms with Crippen LogP contribution in [0.15, 0.2) is 35.3 Å². The average molecular weight is 555 g/mol. The molecule has 0 bridgehead atoms. The van der Waals surface area contributed by atoms with E-state index >= 15 is 0 Å². The van der Waals surface area contributed by atoms with Crippen molar-refractivity contribution < 1.29 is 14.3 Å². The number of fused-ring (bicyclic) bond motifs is 1. The van der Waals surface area contributed by atoms with E-state index in [1.54, 1.807) is 23.8 Å². The van der Waals surface area contributed by atoms with Gasteiger partial charge in [-0.3, -0.25) is 9.59 Å². The minimum atomic E-state index is -0.237. The standard InChI is InChI=1S/C28H35ClN6O4/c1-3-22(36)18-39-25-14-20-13-21(5-6-24(20)35(27(25)37)8-7-19-16-38-17-19)31-26-23(29)15-30-28(32-26)34-11-9-33(4-2)10-12-34/h5-6,13-15,19H,3-4,7-12,16-18H2,1-2H3,(H,30,31,32). The third kappa shape index (κ3) is 6.34. The maximum Gasteiger partial charge on any atom is 0.293 e. The fraction of sp³-hybridized carbons (Fsp3) is 0.500. The number of ketones is 1. The van der Waals surface area contributed by atoms with Crippen molar-refractivity contribution in [1.29, 1.82) is 0 Å². The molecule has 2 saturated heterocycles. The molecule has 2 fully saturated rings. The average Bonchev–Trinajstić information content (AvgIpc) is 2.93. The summed E-state index contributed by atoms with van der Waals surface area (Å²) in [6.45, 7) is 10.5. The van der Waals surface area contributed by atoms with Crippen LogP contribution in [-0.4, -0.2) is 77.8 Å². The van der Waals surface area contributed by atoms with Gasteiger partial charge >= 0.3 is 0 Å². The molecule has 4 heterocycles. The number of nitrogens with zero attached hydrogens (tertiary/aromatic N) is 5. The molecule has 1 N–H and O–H groups in total. The van der Waals surface area contributed by atoms with Gasteiger partial charge in [0.15, 0.2) is 17.4 Å². The molecule has 2 aliphatic heterocycles. The summed E-state index contributed by atoms with van der Waals surface area (Å²) in [6.07, 6.45) is 2.81. The zero-order valence-electron chi connectivity index (χ0n) is 22.5. The highest BCUT2D eigenvalue weighted by molar-refractivity contribution is 6.32. The number of piperazine rings is 1. The summed E-state index contributed by atoms with van der Waals surface area (Å²) < 4.78 is 12.7. The van der Waals surface area contributed by atoms with Crippen LogP contribution in [0.4, 0.5) is 17.5 Å². The minimum Gasteiger partial charge on any atom is -0.480 e. The van der Waals surface area contributed by atoms with Gasteiger partial charge in [0.05, 0.1) is 24.9 Å². The second kappa shape index (κ2) is 12.3. The second-order valence-electron chi connectivity index (χ2n) is 10.0. The van der Waals surface area contributed by atoms with E-state index in [-0.39, 0.29) is 23.7 Å². The van der Waals surface area contributed by atoms with Crippen molar-refractivity contribution in [2.24, 2.45) is 5.92 Å². The Morgan fingerprint density at radius 2 is 1.97 bits per heavy atom. The first kappa shape index (κ1) is 27.4. The van der Waals surface area contributed by atoms with Crippen LogP contribution in [0.5, 0.6) is 5.75 Å². The predicted octanol–water partition coefficient (Wildman–Crippen LogP) is 3.72. The van der Waals surface area contributed by atoms with E-state index in [9.17, 15) is 9.59 Å². The molecule has 39 heavy (non-hydrogen) atoms. The highest BCUT2D eigenvalue weighted by Crippen LogP contribution is 2.28. The summed E-state index contributed by atoms with van der Waals surface area (Å²) in [6, 6.07) is 7.46. The normalized spacial score (nSPS) is 16.3. The molecule has 5 rings (SSSR count). The lowest BCUT2D eigenvalue weighted by molar-refractivity contribution is -0.120. The van der Waals surface area contributed by atoms with Crippen molar-refractivity contribution in [3.05, 3.63) is 45.8 Å². The Morgan fingerprint density at radius 3 is 2.67 bits per heavy atom. The smallest absolute Gasteiger partial charge is 0.293 e. The van der Waals surface area contributed by atoms with Gasteiger partial charge in [0.25, 0.3) is 5.56 Å². The maximum atomic E-state index is 13.3. The van der Waals surface area contributed by atoms with Crippen molar-refractivity contribution >= 4 is 45.7 Å². The molecule has 0 amide bonds. The molecule has 2 aromatic heterocycles. The number of pyridine rings is 1. The van der Waals surface area contributed by atoms with E-state index in [0.717, 1.165) is 68.9 Å². The van der Waals surface area contributed by atoms with Gasteiger partial charge in [-0.1, -0.05) is 25.4 Å². The monoisotopic (exact) mass is 554 g/mol. The Balaban J connectivity index is 1.42. The number of carbonyl (C=O) groups excluding carboxylic acids is 1. The molecule has 0 saturated carbocycles. The number of carbonyl (C=O) groups is 1. The van der Waals surface area contributed by atoms with E-state index < -0.39 is 0 Å². The minimum absolute atomic E-state index is 0.0617. The molecule has 0 atom stereocenters. The Hall–Kier alpha value is -3.21. The summed E-state index contributed by atoms with van der Waals surface area (Å²) in [5.74, 6) is 1.71. The van der Waals surface area contributed by atoms with E-state index in [2.05, 4.69) is 27.0 Å². The molecule has 11 heteroatoms. The summed E-state index contributed by atoms with van der Waals surface area (Å²) >= 11 is 6.47. The molecule has 1 aromatic carbocycles. The molecule has 2 aliphatic rings. The van der Waals surface area contributed by atoms with Gasteiger partial charge in [-0.2, -0.15) is 4.98 Å². The van der Waals surface area contributed by atoms with Gasteiger partial charge in [-0.25, -0.2) is 4.98 Å². The molecular weight excluding hydrogens is 520 g/mol. The van der Waals surface area contributed by atoms with Crippen LogP contribution in [-0.2, 0) is 16.1 Å². The highest BCUT2D eigenvalue weighted by atomic mass is 35.5. The SMILES string of the molecule is CCC(=O)COc1cc2cc(Nc3nc(N4CCN(CC)CC4)ncc3Cl)ccc2n(CCC2COC2)c1=O. The van der Waals surface area contributed by atoms with E-state index in [4.69, 9.17) is 26.1 Å². The molecule has 0 spiro atoms. The maximum absolute atomic E-state index is 13.3. The Bertz CT molecular complexity index is 1380. The quantitative estimate of drug-likeness (QED) is 0.380. The Kier molecular flexibility index (Phi) is 8.64. The molecule has 0 aliphatic carbocycles. The van der Waals surface area contributed by atoms with Crippen LogP contribution < -0.4 is 20.5 Å². The largest absolute Gasteiger partial charge is 0.480 e. The number of benzene rings is 1. The molecule has 208 valence electrons. The van der Waals surface area contributed by atoms with Gasteiger partial charge in [0, 0.05) is 56.1 Å². The van der Waals surface area contributed by atoms with Crippen LogP contribution in [0.2, 0.25) is 5.02 Å². The summed E-state index contributed by atoms with van der Waals surface area (Å²) in [5, 5.41) is 4.55. The van der Waals surface area contributed by atoms with E-state index in [1.807, 2.05) is 18.2 Å². The lowest BCUT2D eigenvalue weighted by atomic mass is 10.0. The predicted molar refractivity (Wildman–Crippen MR) is 153 cm³/mol. The number of hydrogen-bond donors (Lipinski definition) is 1. The van der Waals surface area contributed by atoms with Crippen LogP contribution >= 0.6 is 11.6 Å². The Morgan fingerprint density at radius 1 is 1.18 bits per heavy atom. The van der Waals surface area contributed by atoms with Crippen molar-refractivity contribution in [3.63, 3.8) is 0 Å². The lowest BCUT2D eigenvalue weighted by Gasteiger charge is -2.34. The number of Topliss-reactive ketones (excluding diaryl/α,β-unsaturated/α-hetero) is 1. The van der Waals surface area contributed by atoms with Crippen LogP contribution in [0, 0.1) is 5.92 Å². The van der Waals surface area contributed by atoms with Crippen LogP contribution in [0.1, 0.15) is 26.7 Å². The number of ether oxygens (including phenoxy) is 2. The first-order valence-electron chi connectivity index (χ1n) is 13.6. The van der Waals surface area contributed by atoms with Gasteiger partial charge in [-0.05, 0) is 37.2 Å². The van der Waals surface area contributed by atoms with Gasteiger partial charge < -0.3 is 29.2 Å². The molecule has 3 aromatic rings. The summed E-state index contributed by atoms with van der Waals surface area (Å²) in [4.78, 5) is 38.9. The van der Waals surface area contributed by atoms with E-state index in [1.165, 1.54) is 0 Å².